The number of imidazole rings is 1. The number of likely N-dealkylation sites (tertiary alicyclic amines) is 1. The van der Waals surface area contributed by atoms with E-state index in [9.17, 15) is 0 Å². The third kappa shape index (κ3) is 4.13. The minimum Gasteiger partial charge on any atom is -0.337 e. The predicted octanol–water partition coefficient (Wildman–Crippen LogP) is 1.39. The Balaban J connectivity index is 1.53. The summed E-state index contributed by atoms with van der Waals surface area (Å²) in [4.78, 5) is 6.88. The van der Waals surface area contributed by atoms with Crippen molar-refractivity contribution in [3.8, 4) is 0 Å². The lowest BCUT2D eigenvalue weighted by Gasteiger charge is -2.26. The topological polar surface area (TPSA) is 33.1 Å². The van der Waals surface area contributed by atoms with E-state index in [2.05, 4.69) is 19.8 Å². The summed E-state index contributed by atoms with van der Waals surface area (Å²) < 4.78 is 2.07. The third-order valence-corrected chi connectivity index (χ3v) is 3.48. The van der Waals surface area contributed by atoms with Gasteiger partial charge < -0.3 is 14.8 Å². The van der Waals surface area contributed by atoms with Gasteiger partial charge in [-0.2, -0.15) is 0 Å². The van der Waals surface area contributed by atoms with Crippen LogP contribution in [0.5, 0.6) is 0 Å². The lowest BCUT2D eigenvalue weighted by Crippen LogP contribution is -2.32. The normalized spacial score (nSPS) is 17.5. The van der Waals surface area contributed by atoms with Crippen LogP contribution in [0.15, 0.2) is 12.4 Å². The highest BCUT2D eigenvalue weighted by molar-refractivity contribution is 4.90. The monoisotopic (exact) mass is 236 g/mol. The summed E-state index contributed by atoms with van der Waals surface area (Å²) in [5, 5.41) is 3.46. The number of piperidine rings is 1. The largest absolute Gasteiger partial charge is 0.337 e. The molecule has 0 spiro atoms. The van der Waals surface area contributed by atoms with Gasteiger partial charge in [0, 0.05) is 19.4 Å². The maximum absolute atomic E-state index is 4.29. The van der Waals surface area contributed by atoms with E-state index in [-0.39, 0.29) is 0 Å². The zero-order valence-electron chi connectivity index (χ0n) is 10.9. The first kappa shape index (κ1) is 12.6. The van der Waals surface area contributed by atoms with Crippen molar-refractivity contribution in [2.45, 2.75) is 32.2 Å². The van der Waals surface area contributed by atoms with Crippen LogP contribution in [0.2, 0.25) is 0 Å². The molecule has 0 aliphatic carbocycles. The molecular weight excluding hydrogens is 212 g/mol. The molecule has 0 amide bonds. The molecule has 96 valence electrons. The SMILES string of the molecule is Cn1ccnc1CNCCCN1CCCCC1. The van der Waals surface area contributed by atoms with Crippen LogP contribution in [-0.2, 0) is 13.6 Å². The van der Waals surface area contributed by atoms with Crippen LogP contribution in [0, 0.1) is 0 Å². The van der Waals surface area contributed by atoms with E-state index in [4.69, 9.17) is 0 Å². The van der Waals surface area contributed by atoms with E-state index in [0.717, 1.165) is 18.9 Å². The highest BCUT2D eigenvalue weighted by Gasteiger charge is 2.08. The van der Waals surface area contributed by atoms with Crippen LogP contribution in [0.1, 0.15) is 31.5 Å². The van der Waals surface area contributed by atoms with Crippen molar-refractivity contribution in [3.05, 3.63) is 18.2 Å². The van der Waals surface area contributed by atoms with E-state index in [0.29, 0.717) is 0 Å². The molecule has 1 aliphatic rings. The molecule has 0 radical (unpaired) electrons. The van der Waals surface area contributed by atoms with Gasteiger partial charge in [-0.25, -0.2) is 4.98 Å². The molecule has 17 heavy (non-hydrogen) atoms. The Hall–Kier alpha value is -0.870. The van der Waals surface area contributed by atoms with Gasteiger partial charge >= 0.3 is 0 Å². The van der Waals surface area contributed by atoms with Crippen LogP contribution in [0.4, 0.5) is 0 Å². The fourth-order valence-corrected chi connectivity index (χ4v) is 2.38. The third-order valence-electron chi connectivity index (χ3n) is 3.48. The molecule has 1 aromatic heterocycles. The summed E-state index contributed by atoms with van der Waals surface area (Å²) in [6, 6.07) is 0. The number of aryl methyl sites for hydroxylation is 1. The smallest absolute Gasteiger partial charge is 0.122 e. The highest BCUT2D eigenvalue weighted by atomic mass is 15.1. The summed E-state index contributed by atoms with van der Waals surface area (Å²) in [5.74, 6) is 1.11. The molecule has 0 atom stereocenters. The fourth-order valence-electron chi connectivity index (χ4n) is 2.38. The van der Waals surface area contributed by atoms with Gasteiger partial charge in [0.05, 0.1) is 6.54 Å². The zero-order chi connectivity index (χ0) is 11.9. The summed E-state index contributed by atoms with van der Waals surface area (Å²) in [6.07, 6.45) is 9.29. The lowest BCUT2D eigenvalue weighted by molar-refractivity contribution is 0.225. The molecule has 0 bridgehead atoms. The van der Waals surface area contributed by atoms with Crippen LogP contribution in [0.25, 0.3) is 0 Å². The Bertz CT molecular complexity index is 315. The van der Waals surface area contributed by atoms with Crippen molar-refractivity contribution >= 4 is 0 Å². The standard InChI is InChI=1S/C13H24N4/c1-16-11-7-15-13(16)12-14-6-5-10-17-8-3-2-4-9-17/h7,11,14H,2-6,8-10,12H2,1H3. The molecule has 0 aromatic carbocycles. The molecular formula is C13H24N4. The first-order valence-electron chi connectivity index (χ1n) is 6.75. The molecule has 2 rings (SSSR count). The maximum Gasteiger partial charge on any atom is 0.122 e. The van der Waals surface area contributed by atoms with Crippen molar-refractivity contribution in [2.75, 3.05) is 26.2 Å². The number of hydrogen-bond acceptors (Lipinski definition) is 3. The van der Waals surface area contributed by atoms with Gasteiger partial charge in [0.2, 0.25) is 0 Å². The van der Waals surface area contributed by atoms with Gasteiger partial charge in [-0.3, -0.25) is 0 Å². The predicted molar refractivity (Wildman–Crippen MR) is 69.8 cm³/mol. The van der Waals surface area contributed by atoms with Crippen LogP contribution in [0.3, 0.4) is 0 Å². The van der Waals surface area contributed by atoms with Gasteiger partial charge in [-0.15, -0.1) is 0 Å². The quantitative estimate of drug-likeness (QED) is 0.758. The van der Waals surface area contributed by atoms with Crippen LogP contribution in [-0.4, -0.2) is 40.6 Å². The summed E-state index contributed by atoms with van der Waals surface area (Å²) in [6.45, 7) is 5.82. The van der Waals surface area contributed by atoms with Crippen molar-refractivity contribution < 1.29 is 0 Å². The molecule has 4 nitrogen and oxygen atoms in total. The number of aromatic nitrogens is 2. The summed E-state index contributed by atoms with van der Waals surface area (Å²) in [7, 11) is 2.04. The number of hydrogen-bond donors (Lipinski definition) is 1. The Morgan fingerprint density at radius 1 is 1.29 bits per heavy atom. The molecule has 0 unspecified atom stereocenters. The van der Waals surface area contributed by atoms with E-state index in [1.54, 1.807) is 0 Å². The second kappa shape index (κ2) is 6.77. The Morgan fingerprint density at radius 3 is 2.82 bits per heavy atom. The lowest BCUT2D eigenvalue weighted by atomic mass is 10.1. The maximum atomic E-state index is 4.29. The summed E-state index contributed by atoms with van der Waals surface area (Å²) in [5.41, 5.74) is 0. The van der Waals surface area contributed by atoms with Gasteiger partial charge in [0.15, 0.2) is 0 Å². The van der Waals surface area contributed by atoms with Gasteiger partial charge in [-0.05, 0) is 45.4 Å². The summed E-state index contributed by atoms with van der Waals surface area (Å²) >= 11 is 0. The number of nitrogens with zero attached hydrogens (tertiary/aromatic N) is 3. The fraction of sp³-hybridized carbons (Fsp3) is 0.769. The first-order chi connectivity index (χ1) is 8.36. The Kier molecular flexibility index (Phi) is 5.01. The van der Waals surface area contributed by atoms with Crippen molar-refractivity contribution in [1.82, 2.24) is 19.8 Å². The second-order valence-electron chi connectivity index (χ2n) is 4.89. The minimum atomic E-state index is 0.878. The molecule has 1 N–H and O–H groups in total. The first-order valence-corrected chi connectivity index (χ1v) is 6.75. The average molecular weight is 236 g/mol. The van der Waals surface area contributed by atoms with Crippen molar-refractivity contribution in [1.29, 1.82) is 0 Å². The van der Waals surface area contributed by atoms with E-state index in [1.165, 1.54) is 45.3 Å². The molecule has 1 saturated heterocycles. The molecule has 1 aromatic rings. The number of nitrogens with one attached hydrogen (secondary N) is 1. The van der Waals surface area contributed by atoms with Gasteiger partial charge in [0.1, 0.15) is 5.82 Å². The molecule has 4 heteroatoms. The molecule has 0 saturated carbocycles. The van der Waals surface area contributed by atoms with Gasteiger partial charge in [-0.1, -0.05) is 6.42 Å². The van der Waals surface area contributed by atoms with Crippen molar-refractivity contribution in [2.24, 2.45) is 7.05 Å². The zero-order valence-corrected chi connectivity index (χ0v) is 10.9. The minimum absolute atomic E-state index is 0.878. The molecule has 2 heterocycles. The Morgan fingerprint density at radius 2 is 2.12 bits per heavy atom. The van der Waals surface area contributed by atoms with Crippen molar-refractivity contribution in [3.63, 3.8) is 0 Å². The Labute approximate surface area is 104 Å². The average Bonchev–Trinajstić information content (AvgIpc) is 2.76. The van der Waals surface area contributed by atoms with E-state index < -0.39 is 0 Å². The molecule has 1 fully saturated rings. The molecule has 1 aliphatic heterocycles. The number of rotatable bonds is 6. The van der Waals surface area contributed by atoms with Crippen LogP contribution >= 0.6 is 0 Å². The van der Waals surface area contributed by atoms with E-state index in [1.807, 2.05) is 19.4 Å². The second-order valence-corrected chi connectivity index (χ2v) is 4.89. The van der Waals surface area contributed by atoms with Gasteiger partial charge in [0.25, 0.3) is 0 Å². The van der Waals surface area contributed by atoms with Crippen LogP contribution < -0.4 is 5.32 Å². The van der Waals surface area contributed by atoms with E-state index >= 15 is 0 Å². The highest BCUT2D eigenvalue weighted by Crippen LogP contribution is 2.08.